The minimum absolute atomic E-state index is 1.05. The second-order valence-corrected chi connectivity index (χ2v) is 13.5. The van der Waals surface area contributed by atoms with Gasteiger partial charge in [0.1, 0.15) is 0 Å². The first-order valence-electron chi connectivity index (χ1n) is 17.5. The van der Waals surface area contributed by atoms with Crippen LogP contribution in [0.15, 0.2) is 176 Å². The smallest absolute Gasteiger partial charge is 0.0551 e. The highest BCUT2D eigenvalue weighted by atomic mass is 15.0. The summed E-state index contributed by atoms with van der Waals surface area (Å²) in [5, 5.41) is 16.3. The van der Waals surface area contributed by atoms with Gasteiger partial charge in [0.25, 0.3) is 0 Å². The third kappa shape index (κ3) is 4.19. The molecule has 11 rings (SSSR count). The van der Waals surface area contributed by atoms with E-state index in [4.69, 9.17) is 0 Å². The number of aromatic amines is 1. The Kier molecular flexibility index (Phi) is 5.96. The maximum Gasteiger partial charge on any atom is 0.0551 e. The third-order valence-corrected chi connectivity index (χ3v) is 10.7. The van der Waals surface area contributed by atoms with E-state index in [-0.39, 0.29) is 0 Å². The van der Waals surface area contributed by atoms with Crippen LogP contribution in [0.4, 0.5) is 11.4 Å². The molecule has 9 aromatic carbocycles. The number of anilines is 2. The summed E-state index contributed by atoms with van der Waals surface area (Å²) in [4.78, 5) is 3.87. The number of hydrogen-bond acceptors (Lipinski definition) is 1. The van der Waals surface area contributed by atoms with Crippen molar-refractivity contribution in [3.05, 3.63) is 176 Å². The van der Waals surface area contributed by atoms with Crippen molar-refractivity contribution in [3.8, 4) is 16.8 Å². The molecule has 11 aromatic rings. The lowest BCUT2D eigenvalue weighted by molar-refractivity contribution is 1.18. The summed E-state index contributed by atoms with van der Waals surface area (Å²) < 4.78 is 2.41. The molecule has 2 aromatic heterocycles. The van der Waals surface area contributed by atoms with Crippen LogP contribution in [0.5, 0.6) is 0 Å². The van der Waals surface area contributed by atoms with Crippen molar-refractivity contribution >= 4 is 87.3 Å². The highest BCUT2D eigenvalue weighted by molar-refractivity contribution is 6.29. The average molecular weight is 650 g/mol. The van der Waals surface area contributed by atoms with E-state index in [2.05, 4.69) is 191 Å². The Morgan fingerprint density at radius 2 is 1.10 bits per heavy atom. The van der Waals surface area contributed by atoms with Gasteiger partial charge in [0.05, 0.1) is 16.6 Å². The highest BCUT2D eigenvalue weighted by Gasteiger charge is 2.21. The summed E-state index contributed by atoms with van der Waals surface area (Å²) in [6, 6.07) is 63.9. The van der Waals surface area contributed by atoms with Gasteiger partial charge in [-0.25, -0.2) is 0 Å². The molecule has 238 valence electrons. The summed E-state index contributed by atoms with van der Waals surface area (Å²) in [6.45, 7) is 0. The molecule has 2 heterocycles. The molecule has 0 radical (unpaired) electrons. The van der Waals surface area contributed by atoms with Crippen LogP contribution in [0.25, 0.3) is 92.7 Å². The molecule has 0 saturated heterocycles. The number of rotatable bonds is 4. The Hall–Kier alpha value is -6.84. The van der Waals surface area contributed by atoms with Gasteiger partial charge in [-0.05, 0) is 87.1 Å². The quantitative estimate of drug-likeness (QED) is 0.183. The van der Waals surface area contributed by atoms with Crippen LogP contribution in [0.2, 0.25) is 0 Å². The zero-order chi connectivity index (χ0) is 33.5. The van der Waals surface area contributed by atoms with Crippen molar-refractivity contribution in [3.63, 3.8) is 0 Å². The minimum Gasteiger partial charge on any atom is -0.355 e. The Bertz CT molecular complexity index is 3150. The maximum absolute atomic E-state index is 3.88. The van der Waals surface area contributed by atoms with Crippen molar-refractivity contribution < 1.29 is 0 Å². The molecule has 2 N–H and O–H groups in total. The number of benzene rings is 9. The van der Waals surface area contributed by atoms with Crippen molar-refractivity contribution in [1.29, 1.82) is 0 Å². The van der Waals surface area contributed by atoms with Crippen LogP contribution < -0.4 is 5.32 Å². The van der Waals surface area contributed by atoms with Gasteiger partial charge in [0.15, 0.2) is 0 Å². The molecular weight excluding hydrogens is 619 g/mol. The van der Waals surface area contributed by atoms with Gasteiger partial charge in [-0.1, -0.05) is 121 Å². The van der Waals surface area contributed by atoms with E-state index in [9.17, 15) is 0 Å². The standard InChI is InChI=1S/C48H31N3/c1-3-14-31(15-4-1)49-44-28-41-36-20-10-12-22-45(36)51(32-16-5-2-6-17-32)46(41)29-40(44)42-27-39-33-18-8-7-13-30(33)23-24-34(39)37-25-26-38-35-19-9-11-21-43(35)50-48(38)47(37)42/h1-29,49-50H. The predicted octanol–water partition coefficient (Wildman–Crippen LogP) is 13.3. The van der Waals surface area contributed by atoms with E-state index < -0.39 is 0 Å². The van der Waals surface area contributed by atoms with E-state index in [1.54, 1.807) is 0 Å². The Labute approximate surface area is 294 Å². The SMILES string of the molecule is c1ccc(Nc2cc3c4ccccc4n(-c4ccccc4)c3cc2-c2cc3c4ccccc4ccc3c3ccc4c5ccccc5[nH]c4c23)cc1. The molecular formula is C48H31N3. The Morgan fingerprint density at radius 3 is 1.96 bits per heavy atom. The Balaban J connectivity index is 1.35. The summed E-state index contributed by atoms with van der Waals surface area (Å²) in [6.07, 6.45) is 0. The van der Waals surface area contributed by atoms with E-state index in [1.165, 1.54) is 70.5 Å². The second kappa shape index (κ2) is 10.8. The molecule has 0 spiro atoms. The van der Waals surface area contributed by atoms with Gasteiger partial charge in [0.2, 0.25) is 0 Å². The van der Waals surface area contributed by atoms with Crippen LogP contribution >= 0.6 is 0 Å². The van der Waals surface area contributed by atoms with Gasteiger partial charge >= 0.3 is 0 Å². The minimum atomic E-state index is 1.05. The van der Waals surface area contributed by atoms with Crippen molar-refractivity contribution in [2.45, 2.75) is 0 Å². The first-order chi connectivity index (χ1) is 25.3. The van der Waals surface area contributed by atoms with Gasteiger partial charge in [0, 0.05) is 55.1 Å². The summed E-state index contributed by atoms with van der Waals surface area (Å²) in [7, 11) is 0. The number of nitrogens with zero attached hydrogens (tertiary/aromatic N) is 1. The van der Waals surface area contributed by atoms with E-state index in [1.807, 2.05) is 0 Å². The molecule has 0 amide bonds. The Morgan fingerprint density at radius 1 is 0.412 bits per heavy atom. The number of fused-ring (bicyclic) bond motifs is 12. The molecule has 0 aliphatic carbocycles. The second-order valence-electron chi connectivity index (χ2n) is 13.5. The first-order valence-corrected chi connectivity index (χ1v) is 17.5. The normalized spacial score (nSPS) is 11.9. The monoisotopic (exact) mass is 649 g/mol. The van der Waals surface area contributed by atoms with Crippen LogP contribution in [0.1, 0.15) is 0 Å². The van der Waals surface area contributed by atoms with Crippen LogP contribution in [-0.4, -0.2) is 9.55 Å². The van der Waals surface area contributed by atoms with Crippen LogP contribution in [-0.2, 0) is 0 Å². The summed E-state index contributed by atoms with van der Waals surface area (Å²) in [5.74, 6) is 0. The fourth-order valence-electron chi connectivity index (χ4n) is 8.41. The number of aromatic nitrogens is 2. The molecule has 3 heteroatoms. The van der Waals surface area contributed by atoms with Crippen LogP contribution in [0, 0.1) is 0 Å². The molecule has 0 atom stereocenters. The molecule has 0 bridgehead atoms. The highest BCUT2D eigenvalue weighted by Crippen LogP contribution is 2.47. The predicted molar refractivity (Wildman–Crippen MR) is 218 cm³/mol. The summed E-state index contributed by atoms with van der Waals surface area (Å²) in [5.41, 5.74) is 10.3. The van der Waals surface area contributed by atoms with Crippen LogP contribution in [0.3, 0.4) is 0 Å². The van der Waals surface area contributed by atoms with Crippen molar-refractivity contribution in [2.24, 2.45) is 0 Å². The van der Waals surface area contributed by atoms with E-state index in [0.717, 1.165) is 33.7 Å². The van der Waals surface area contributed by atoms with Gasteiger partial charge in [-0.3, -0.25) is 0 Å². The maximum atomic E-state index is 3.88. The number of H-pyrrole nitrogens is 1. The van der Waals surface area contributed by atoms with Crippen molar-refractivity contribution in [2.75, 3.05) is 5.32 Å². The lowest BCUT2D eigenvalue weighted by Crippen LogP contribution is -1.97. The zero-order valence-electron chi connectivity index (χ0n) is 27.7. The zero-order valence-corrected chi connectivity index (χ0v) is 27.7. The lowest BCUT2D eigenvalue weighted by Gasteiger charge is -2.19. The number of para-hydroxylation sites is 4. The molecule has 0 unspecified atom stereocenters. The molecule has 0 fully saturated rings. The molecule has 0 aliphatic heterocycles. The van der Waals surface area contributed by atoms with Crippen molar-refractivity contribution in [1.82, 2.24) is 9.55 Å². The summed E-state index contributed by atoms with van der Waals surface area (Å²) >= 11 is 0. The van der Waals surface area contributed by atoms with E-state index in [0.29, 0.717) is 0 Å². The van der Waals surface area contributed by atoms with E-state index >= 15 is 0 Å². The molecule has 0 saturated carbocycles. The average Bonchev–Trinajstić information content (AvgIpc) is 3.73. The first kappa shape index (κ1) is 28.0. The molecule has 0 aliphatic rings. The van der Waals surface area contributed by atoms with Gasteiger partial charge < -0.3 is 14.9 Å². The molecule has 51 heavy (non-hydrogen) atoms. The fraction of sp³-hybridized carbons (Fsp3) is 0. The molecule has 3 nitrogen and oxygen atoms in total. The number of hydrogen-bond donors (Lipinski definition) is 2. The van der Waals surface area contributed by atoms with Gasteiger partial charge in [-0.15, -0.1) is 0 Å². The fourth-order valence-corrected chi connectivity index (χ4v) is 8.41. The van der Waals surface area contributed by atoms with Gasteiger partial charge in [-0.2, -0.15) is 0 Å². The third-order valence-electron chi connectivity index (χ3n) is 10.7. The number of nitrogens with one attached hydrogen (secondary N) is 2. The topological polar surface area (TPSA) is 32.8 Å². The largest absolute Gasteiger partial charge is 0.355 e. The lowest BCUT2D eigenvalue weighted by atomic mass is 9.88.